The van der Waals surface area contributed by atoms with Crippen LogP contribution in [0, 0.1) is 11.8 Å². The van der Waals surface area contributed by atoms with E-state index in [9.17, 15) is 0 Å². The Balaban J connectivity index is 2.35. The van der Waals surface area contributed by atoms with Gasteiger partial charge in [-0.2, -0.15) is 0 Å². The first-order valence-corrected chi connectivity index (χ1v) is 16.0. The molecule has 0 bridgehead atoms. The molecule has 4 atom stereocenters. The van der Waals surface area contributed by atoms with Gasteiger partial charge in [-0.25, -0.2) is 0 Å². The lowest BCUT2D eigenvalue weighted by Crippen LogP contribution is -2.48. The van der Waals surface area contributed by atoms with E-state index in [2.05, 4.69) is 81.7 Å². The second-order valence-corrected chi connectivity index (χ2v) is 17.4. The van der Waals surface area contributed by atoms with E-state index in [1.165, 1.54) is 12.8 Å². The van der Waals surface area contributed by atoms with Gasteiger partial charge in [0, 0.05) is 5.16 Å². The molecule has 0 saturated carbocycles. The van der Waals surface area contributed by atoms with Crippen molar-refractivity contribution in [3.8, 4) is 0 Å². The maximum atomic E-state index is 3.68. The summed E-state index contributed by atoms with van der Waals surface area (Å²) in [6, 6.07) is 4.95. The van der Waals surface area contributed by atoms with Gasteiger partial charge in [-0.15, -0.1) is 18.5 Å². The summed E-state index contributed by atoms with van der Waals surface area (Å²) >= 11 is 0. The molecule has 1 aromatic carbocycles. The largest absolute Gasteiger partial charge is 0.316 e. The van der Waals surface area contributed by atoms with E-state index in [-0.39, 0.29) is 10.6 Å². The number of hydrogen-bond acceptors (Lipinski definition) is 2. The van der Waals surface area contributed by atoms with Crippen molar-refractivity contribution in [3.63, 3.8) is 0 Å². The molecular weight excluding hydrogens is 394 g/mol. The molecule has 2 aliphatic heterocycles. The second-order valence-electron chi connectivity index (χ2n) is 11.0. The molecule has 2 saturated heterocycles. The van der Waals surface area contributed by atoms with Crippen LogP contribution in [0.15, 0.2) is 12.1 Å². The van der Waals surface area contributed by atoms with Gasteiger partial charge in [-0.05, 0) is 79.1 Å². The SMILES string of the molecule is CC(C)(C)c1c([Si](C)(C)C)ccc(CP)c1C(P)(C1CCNC1)C1CCNC1. The van der Waals surface area contributed by atoms with Gasteiger partial charge >= 0.3 is 0 Å². The highest BCUT2D eigenvalue weighted by Gasteiger charge is 2.48. The lowest BCUT2D eigenvalue weighted by molar-refractivity contribution is 0.295. The summed E-state index contributed by atoms with van der Waals surface area (Å²) in [5.41, 5.74) is 5.05. The third-order valence-corrected chi connectivity index (χ3v) is 10.7. The van der Waals surface area contributed by atoms with E-state index < -0.39 is 8.07 Å². The average Bonchev–Trinajstić information content (AvgIpc) is 3.31. The normalized spacial score (nSPS) is 25.9. The zero-order valence-electron chi connectivity index (χ0n) is 18.9. The Morgan fingerprint density at radius 3 is 1.86 bits per heavy atom. The van der Waals surface area contributed by atoms with Crippen LogP contribution in [0.2, 0.25) is 19.6 Å². The van der Waals surface area contributed by atoms with Crippen molar-refractivity contribution in [2.75, 3.05) is 26.2 Å². The van der Waals surface area contributed by atoms with Crippen molar-refractivity contribution in [2.24, 2.45) is 11.8 Å². The first-order valence-electron chi connectivity index (χ1n) is 11.1. The quantitative estimate of drug-likeness (QED) is 0.534. The molecule has 158 valence electrons. The van der Waals surface area contributed by atoms with Gasteiger partial charge in [-0.3, -0.25) is 0 Å². The fourth-order valence-electron chi connectivity index (χ4n) is 5.58. The van der Waals surface area contributed by atoms with Gasteiger partial charge in [0.1, 0.15) is 0 Å². The van der Waals surface area contributed by atoms with Gasteiger partial charge in [-0.1, -0.05) is 57.7 Å². The molecule has 3 rings (SSSR count). The van der Waals surface area contributed by atoms with Crippen LogP contribution in [-0.2, 0) is 16.7 Å². The summed E-state index contributed by atoms with van der Waals surface area (Å²) in [6.07, 6.45) is 3.62. The van der Waals surface area contributed by atoms with Crippen LogP contribution < -0.4 is 15.8 Å². The van der Waals surface area contributed by atoms with Crippen molar-refractivity contribution < 1.29 is 0 Å². The molecule has 0 amide bonds. The Bertz CT molecular complexity index is 678. The van der Waals surface area contributed by atoms with Crippen LogP contribution >= 0.6 is 18.5 Å². The third kappa shape index (κ3) is 4.17. The molecule has 5 heteroatoms. The Kier molecular flexibility index (Phi) is 6.86. The molecule has 2 fully saturated rings. The van der Waals surface area contributed by atoms with E-state index in [4.69, 9.17) is 0 Å². The molecule has 0 aliphatic carbocycles. The van der Waals surface area contributed by atoms with Crippen molar-refractivity contribution in [3.05, 3.63) is 28.8 Å². The van der Waals surface area contributed by atoms with Crippen LogP contribution in [0.4, 0.5) is 0 Å². The molecule has 2 nitrogen and oxygen atoms in total. The first-order chi connectivity index (χ1) is 13.0. The van der Waals surface area contributed by atoms with Gasteiger partial charge in [0.2, 0.25) is 0 Å². The Labute approximate surface area is 179 Å². The summed E-state index contributed by atoms with van der Waals surface area (Å²) in [5, 5.41) is 9.18. The molecule has 2 heterocycles. The van der Waals surface area contributed by atoms with Crippen LogP contribution in [0.25, 0.3) is 0 Å². The Morgan fingerprint density at radius 2 is 1.50 bits per heavy atom. The number of benzene rings is 1. The number of rotatable bonds is 5. The molecule has 2 aliphatic rings. The lowest BCUT2D eigenvalue weighted by Gasteiger charge is -2.46. The highest BCUT2D eigenvalue weighted by Crippen LogP contribution is 2.53. The molecular formula is C23H42N2P2Si. The fraction of sp³-hybridized carbons (Fsp3) is 0.739. The standard InChI is InChI=1S/C23H42N2P2Si/c1-22(2,3)21-19(28(4,5)6)8-7-16(15-26)20(21)23(27,17-9-11-24-13-17)18-10-12-25-14-18/h7-8,17-18,24-25H,9-15,26-27H2,1-6H3. The predicted octanol–water partition coefficient (Wildman–Crippen LogP) is 4.19. The zero-order valence-corrected chi connectivity index (χ0v) is 22.2. The summed E-state index contributed by atoms with van der Waals surface area (Å²) in [4.78, 5) is 0. The van der Waals surface area contributed by atoms with Crippen LogP contribution in [0.3, 0.4) is 0 Å². The summed E-state index contributed by atoms with van der Waals surface area (Å²) in [6.45, 7) is 19.5. The highest BCUT2D eigenvalue weighted by molar-refractivity contribution is 7.18. The minimum atomic E-state index is -1.46. The molecule has 4 unspecified atom stereocenters. The fourth-order valence-corrected chi connectivity index (χ4v) is 8.65. The highest BCUT2D eigenvalue weighted by atomic mass is 31.0. The van der Waals surface area contributed by atoms with Gasteiger partial charge < -0.3 is 10.6 Å². The zero-order chi connectivity index (χ0) is 20.7. The maximum Gasteiger partial charge on any atom is 0.0779 e. The van der Waals surface area contributed by atoms with E-state index >= 15 is 0 Å². The van der Waals surface area contributed by atoms with Crippen LogP contribution in [0.1, 0.15) is 50.3 Å². The molecule has 28 heavy (non-hydrogen) atoms. The molecule has 0 aromatic heterocycles. The van der Waals surface area contributed by atoms with E-state index in [0.29, 0.717) is 11.8 Å². The molecule has 1 aromatic rings. The number of nitrogens with one attached hydrogen (secondary N) is 2. The average molecular weight is 437 g/mol. The topological polar surface area (TPSA) is 24.1 Å². The van der Waals surface area contributed by atoms with Gasteiger partial charge in [0.25, 0.3) is 0 Å². The summed E-state index contributed by atoms with van der Waals surface area (Å²) in [5.74, 6) is 1.38. The van der Waals surface area contributed by atoms with E-state index in [1.54, 1.807) is 21.9 Å². The monoisotopic (exact) mass is 436 g/mol. The lowest BCUT2D eigenvalue weighted by atomic mass is 9.68. The third-order valence-electron chi connectivity index (χ3n) is 6.97. The molecule has 2 N–H and O–H groups in total. The van der Waals surface area contributed by atoms with Crippen molar-refractivity contribution in [2.45, 2.75) is 70.0 Å². The molecule has 0 spiro atoms. The van der Waals surface area contributed by atoms with Gasteiger partial charge in [0.15, 0.2) is 0 Å². The maximum absolute atomic E-state index is 3.68. The van der Waals surface area contributed by atoms with Crippen LogP contribution in [-0.4, -0.2) is 34.3 Å². The smallest absolute Gasteiger partial charge is 0.0779 e. The van der Waals surface area contributed by atoms with E-state index in [1.807, 2.05) is 0 Å². The van der Waals surface area contributed by atoms with Crippen molar-refractivity contribution in [1.82, 2.24) is 10.6 Å². The first kappa shape index (κ1) is 22.9. The predicted molar refractivity (Wildman–Crippen MR) is 135 cm³/mol. The van der Waals surface area contributed by atoms with Gasteiger partial charge in [0.05, 0.1) is 8.07 Å². The molecule has 0 radical (unpaired) electrons. The Morgan fingerprint density at radius 1 is 0.964 bits per heavy atom. The van der Waals surface area contributed by atoms with Crippen LogP contribution in [0.5, 0.6) is 0 Å². The second kappa shape index (κ2) is 8.39. The minimum absolute atomic E-state index is 0.150. The summed E-state index contributed by atoms with van der Waals surface area (Å²) < 4.78 is 0. The van der Waals surface area contributed by atoms with Crippen molar-refractivity contribution in [1.29, 1.82) is 0 Å². The number of hydrogen-bond donors (Lipinski definition) is 2. The van der Waals surface area contributed by atoms with E-state index in [0.717, 1.165) is 32.3 Å². The minimum Gasteiger partial charge on any atom is -0.316 e. The summed E-state index contributed by atoms with van der Waals surface area (Å²) in [7, 11) is 5.03. The van der Waals surface area contributed by atoms with Crippen molar-refractivity contribution >= 4 is 31.7 Å². The Hall–Kier alpha value is 0.217.